The average molecular weight is 528 g/mol. The number of aromatic nitrogens is 4. The lowest BCUT2D eigenvalue weighted by molar-refractivity contribution is 0.0787. The number of hydrogen-bond donors (Lipinski definition) is 3. The Labute approximate surface area is 220 Å². The quantitative estimate of drug-likeness (QED) is 0.429. The summed E-state index contributed by atoms with van der Waals surface area (Å²) >= 11 is 5.88. The van der Waals surface area contributed by atoms with Crippen molar-refractivity contribution in [2.24, 2.45) is 0 Å². The molecule has 2 saturated heterocycles. The number of amides is 1. The second-order valence-electron chi connectivity index (χ2n) is 9.40. The molecule has 2 aliphatic rings. The molecule has 10 nitrogen and oxygen atoms in total. The largest absolute Gasteiger partial charge is 0.354 e. The van der Waals surface area contributed by atoms with Gasteiger partial charge in [-0.25, -0.2) is 4.39 Å². The third-order valence-electron chi connectivity index (χ3n) is 6.81. The predicted molar refractivity (Wildman–Crippen MR) is 142 cm³/mol. The second-order valence-corrected chi connectivity index (χ2v) is 9.81. The van der Waals surface area contributed by atoms with Crippen LogP contribution < -0.4 is 15.5 Å². The Morgan fingerprint density at radius 3 is 2.70 bits per heavy atom. The Balaban J connectivity index is 1.32. The monoisotopic (exact) mass is 527 g/mol. The maximum atomic E-state index is 14.4. The minimum absolute atomic E-state index is 0.0154. The minimum Gasteiger partial charge on any atom is -0.354 e. The van der Waals surface area contributed by atoms with Gasteiger partial charge in [0.2, 0.25) is 5.95 Å². The van der Waals surface area contributed by atoms with E-state index in [2.05, 4.69) is 42.5 Å². The number of rotatable bonds is 7. The molecule has 1 aromatic carbocycles. The molecule has 1 atom stereocenters. The van der Waals surface area contributed by atoms with Gasteiger partial charge in [0.05, 0.1) is 10.6 Å². The number of nitrogens with one attached hydrogen (secondary N) is 3. The number of piperazine rings is 1. The number of carbonyl (C=O) groups is 1. The first-order valence-corrected chi connectivity index (χ1v) is 12.9. The van der Waals surface area contributed by atoms with E-state index in [1.807, 2.05) is 19.1 Å². The summed E-state index contributed by atoms with van der Waals surface area (Å²) in [4.78, 5) is 28.7. The van der Waals surface area contributed by atoms with E-state index < -0.39 is 5.82 Å². The molecular formula is C25H31ClFN9O. The van der Waals surface area contributed by atoms with E-state index in [0.717, 1.165) is 44.2 Å². The highest BCUT2D eigenvalue weighted by atomic mass is 35.5. The van der Waals surface area contributed by atoms with E-state index in [1.54, 1.807) is 11.0 Å². The van der Waals surface area contributed by atoms with E-state index in [4.69, 9.17) is 16.6 Å². The number of anilines is 4. The van der Waals surface area contributed by atoms with E-state index >= 15 is 0 Å². The number of carbonyl (C=O) groups excluding carboxylic acids is 1. The first kappa shape index (κ1) is 25.2. The molecule has 37 heavy (non-hydrogen) atoms. The molecule has 196 valence electrons. The van der Waals surface area contributed by atoms with Gasteiger partial charge in [0.15, 0.2) is 11.6 Å². The molecule has 4 heterocycles. The summed E-state index contributed by atoms with van der Waals surface area (Å²) in [6, 6.07) is 8.25. The van der Waals surface area contributed by atoms with Gasteiger partial charge < -0.3 is 25.3 Å². The fourth-order valence-corrected chi connectivity index (χ4v) is 4.89. The predicted octanol–water partition coefficient (Wildman–Crippen LogP) is 3.51. The topological polar surface area (TPSA) is 105 Å². The Morgan fingerprint density at radius 2 is 1.97 bits per heavy atom. The number of benzene rings is 1. The molecule has 0 spiro atoms. The lowest BCUT2D eigenvalue weighted by atomic mass is 10.2. The molecular weight excluding hydrogens is 497 g/mol. The van der Waals surface area contributed by atoms with Gasteiger partial charge in [-0.3, -0.25) is 9.89 Å². The van der Waals surface area contributed by atoms with E-state index in [-0.39, 0.29) is 22.5 Å². The standard InChI is InChI=1S/C25H31ClFN9O/c1-3-34-9-11-35(12-10-34)22-14-20(29-21-13-16(2)32-33-21)30-25(31-22)28-17-7-8-36(15-17)24(37)18-5-4-6-19(26)23(18)27/h4-6,13-14,17H,3,7-12,15H2,1-2H3,(H3,28,29,30,31,32,33)/t17-/m0/s1. The number of aromatic amines is 1. The molecule has 3 N–H and O–H groups in total. The van der Waals surface area contributed by atoms with Gasteiger partial charge in [0.1, 0.15) is 11.6 Å². The molecule has 0 saturated carbocycles. The molecule has 1 amide bonds. The smallest absolute Gasteiger partial charge is 0.256 e. The highest BCUT2D eigenvalue weighted by Gasteiger charge is 2.29. The number of hydrogen-bond acceptors (Lipinski definition) is 8. The lowest BCUT2D eigenvalue weighted by Crippen LogP contribution is -2.46. The van der Waals surface area contributed by atoms with Gasteiger partial charge in [-0.05, 0) is 32.0 Å². The van der Waals surface area contributed by atoms with Crippen molar-refractivity contribution in [3.63, 3.8) is 0 Å². The molecule has 0 radical (unpaired) electrons. The summed E-state index contributed by atoms with van der Waals surface area (Å²) in [5, 5.41) is 13.8. The normalized spacial score (nSPS) is 18.3. The average Bonchev–Trinajstić information content (AvgIpc) is 3.54. The Kier molecular flexibility index (Phi) is 7.43. The first-order chi connectivity index (χ1) is 17.9. The summed E-state index contributed by atoms with van der Waals surface area (Å²) in [7, 11) is 0. The first-order valence-electron chi connectivity index (χ1n) is 12.5. The minimum atomic E-state index is -0.686. The zero-order chi connectivity index (χ0) is 25.9. The van der Waals surface area contributed by atoms with Crippen molar-refractivity contribution in [1.82, 2.24) is 30.0 Å². The Morgan fingerprint density at radius 1 is 1.16 bits per heavy atom. The summed E-state index contributed by atoms with van der Waals surface area (Å²) in [6.45, 7) is 9.76. The van der Waals surface area contributed by atoms with Crippen molar-refractivity contribution < 1.29 is 9.18 Å². The number of likely N-dealkylation sites (N-methyl/N-ethyl adjacent to an activating group) is 1. The molecule has 0 unspecified atom stereocenters. The molecule has 2 aliphatic heterocycles. The maximum Gasteiger partial charge on any atom is 0.256 e. The molecule has 2 aromatic heterocycles. The van der Waals surface area contributed by atoms with Crippen LogP contribution in [-0.4, -0.2) is 87.7 Å². The van der Waals surface area contributed by atoms with Crippen LogP contribution in [0, 0.1) is 12.7 Å². The van der Waals surface area contributed by atoms with Crippen LogP contribution in [0.25, 0.3) is 0 Å². The lowest BCUT2D eigenvalue weighted by Gasteiger charge is -2.35. The molecule has 3 aromatic rings. The Hall–Kier alpha value is -3.44. The molecule has 0 aliphatic carbocycles. The molecule has 2 fully saturated rings. The van der Waals surface area contributed by atoms with Crippen molar-refractivity contribution in [3.05, 3.63) is 52.4 Å². The van der Waals surface area contributed by atoms with E-state index in [0.29, 0.717) is 37.1 Å². The van der Waals surface area contributed by atoms with Crippen molar-refractivity contribution in [2.45, 2.75) is 26.3 Å². The third-order valence-corrected chi connectivity index (χ3v) is 7.10. The number of likely N-dealkylation sites (tertiary alicyclic amines) is 1. The summed E-state index contributed by atoms with van der Waals surface area (Å²) in [5.41, 5.74) is 0.927. The van der Waals surface area contributed by atoms with Crippen LogP contribution in [0.1, 0.15) is 29.4 Å². The number of aryl methyl sites for hydroxylation is 1. The van der Waals surface area contributed by atoms with Gasteiger partial charge in [-0.1, -0.05) is 24.6 Å². The van der Waals surface area contributed by atoms with Gasteiger partial charge >= 0.3 is 0 Å². The van der Waals surface area contributed by atoms with Crippen LogP contribution >= 0.6 is 11.6 Å². The zero-order valence-corrected chi connectivity index (χ0v) is 21.7. The van der Waals surface area contributed by atoms with Gasteiger partial charge in [-0.15, -0.1) is 0 Å². The summed E-state index contributed by atoms with van der Waals surface area (Å²) in [6.07, 6.45) is 0.692. The van der Waals surface area contributed by atoms with Crippen LogP contribution in [0.3, 0.4) is 0 Å². The van der Waals surface area contributed by atoms with E-state index in [9.17, 15) is 9.18 Å². The SMILES string of the molecule is CCN1CCN(c2cc(Nc3cc(C)[nH]n3)nc(N[C@H]3CCN(C(=O)c4cccc(Cl)c4F)C3)n2)CC1. The fourth-order valence-electron chi connectivity index (χ4n) is 4.72. The highest BCUT2D eigenvalue weighted by molar-refractivity contribution is 6.31. The fraction of sp³-hybridized carbons (Fsp3) is 0.440. The number of H-pyrrole nitrogens is 1. The van der Waals surface area contributed by atoms with Crippen LogP contribution in [-0.2, 0) is 0 Å². The van der Waals surface area contributed by atoms with Gasteiger partial charge in [0.25, 0.3) is 5.91 Å². The van der Waals surface area contributed by atoms with Crippen LogP contribution in [0.4, 0.5) is 27.8 Å². The highest BCUT2D eigenvalue weighted by Crippen LogP contribution is 2.25. The van der Waals surface area contributed by atoms with Crippen molar-refractivity contribution in [1.29, 1.82) is 0 Å². The van der Waals surface area contributed by atoms with Crippen molar-refractivity contribution in [2.75, 3.05) is 61.3 Å². The van der Waals surface area contributed by atoms with Crippen molar-refractivity contribution >= 4 is 40.9 Å². The molecule has 5 rings (SSSR count). The third kappa shape index (κ3) is 5.78. The van der Waals surface area contributed by atoms with Gasteiger partial charge in [0, 0.05) is 63.1 Å². The number of halogens is 2. The van der Waals surface area contributed by atoms with Crippen LogP contribution in [0.2, 0.25) is 5.02 Å². The molecule has 12 heteroatoms. The zero-order valence-electron chi connectivity index (χ0n) is 21.0. The van der Waals surface area contributed by atoms with Gasteiger partial charge in [-0.2, -0.15) is 15.1 Å². The van der Waals surface area contributed by atoms with Crippen LogP contribution in [0.5, 0.6) is 0 Å². The van der Waals surface area contributed by atoms with E-state index in [1.165, 1.54) is 12.1 Å². The van der Waals surface area contributed by atoms with Crippen LogP contribution in [0.15, 0.2) is 30.3 Å². The Bertz CT molecular complexity index is 1260. The number of nitrogens with zero attached hydrogens (tertiary/aromatic N) is 6. The maximum absolute atomic E-state index is 14.4. The molecule has 0 bridgehead atoms. The summed E-state index contributed by atoms with van der Waals surface area (Å²) < 4.78 is 14.4. The second kappa shape index (κ2) is 10.9. The summed E-state index contributed by atoms with van der Waals surface area (Å²) in [5.74, 6) is 1.54. The van der Waals surface area contributed by atoms with Crippen molar-refractivity contribution in [3.8, 4) is 0 Å².